The maximum absolute atomic E-state index is 12.1. The predicted molar refractivity (Wildman–Crippen MR) is 62.9 cm³/mol. The molecule has 0 aliphatic carbocycles. The van der Waals surface area contributed by atoms with Crippen LogP contribution in [0.1, 0.15) is 0 Å². The zero-order valence-electron chi connectivity index (χ0n) is 10.2. The summed E-state index contributed by atoms with van der Waals surface area (Å²) in [5.74, 6) is 0. The number of aliphatic hydroxyl groups excluding tert-OH is 1. The number of aliphatic hydroxyl groups is 1. The van der Waals surface area contributed by atoms with Crippen LogP contribution < -0.4 is 0 Å². The number of piperazine rings is 1. The van der Waals surface area contributed by atoms with Gasteiger partial charge in [-0.3, -0.25) is 4.90 Å². The smallest absolute Gasteiger partial charge is 0.320 e. The quantitative estimate of drug-likeness (QED) is 0.679. The molecule has 2 aliphatic rings. The van der Waals surface area contributed by atoms with Crippen LogP contribution >= 0.6 is 0 Å². The lowest BCUT2D eigenvalue weighted by atomic mass is 10.3. The van der Waals surface area contributed by atoms with Crippen molar-refractivity contribution < 1.29 is 14.6 Å². The third kappa shape index (κ3) is 3.31. The SMILES string of the molecule is O=C(N1CCOCC1)N1CCN(CCO)CC1. The van der Waals surface area contributed by atoms with E-state index in [2.05, 4.69) is 4.90 Å². The van der Waals surface area contributed by atoms with Crippen molar-refractivity contribution in [3.8, 4) is 0 Å². The molecule has 0 aromatic rings. The van der Waals surface area contributed by atoms with Crippen molar-refractivity contribution in [2.45, 2.75) is 0 Å². The highest BCUT2D eigenvalue weighted by atomic mass is 16.5. The Morgan fingerprint density at radius 2 is 1.59 bits per heavy atom. The molecule has 0 aromatic heterocycles. The standard InChI is InChI=1S/C11H21N3O3/c15-8-5-12-1-3-13(4-2-12)11(16)14-6-9-17-10-7-14/h15H,1-10H2. The summed E-state index contributed by atoms with van der Waals surface area (Å²) >= 11 is 0. The molecule has 0 radical (unpaired) electrons. The Morgan fingerprint density at radius 1 is 1.00 bits per heavy atom. The van der Waals surface area contributed by atoms with Gasteiger partial charge in [-0.15, -0.1) is 0 Å². The van der Waals surface area contributed by atoms with Crippen molar-refractivity contribution in [3.05, 3.63) is 0 Å². The summed E-state index contributed by atoms with van der Waals surface area (Å²) in [5.41, 5.74) is 0. The van der Waals surface area contributed by atoms with E-state index in [1.165, 1.54) is 0 Å². The minimum atomic E-state index is 0.136. The molecule has 0 atom stereocenters. The molecule has 2 fully saturated rings. The van der Waals surface area contributed by atoms with E-state index in [1.807, 2.05) is 9.80 Å². The first-order valence-corrected chi connectivity index (χ1v) is 6.26. The number of nitrogens with zero attached hydrogens (tertiary/aromatic N) is 3. The Kier molecular flexibility index (Phi) is 4.58. The summed E-state index contributed by atoms with van der Waals surface area (Å²) in [7, 11) is 0. The highest BCUT2D eigenvalue weighted by Crippen LogP contribution is 2.07. The van der Waals surface area contributed by atoms with Crippen molar-refractivity contribution in [2.75, 3.05) is 65.6 Å². The van der Waals surface area contributed by atoms with Gasteiger partial charge in [0, 0.05) is 45.8 Å². The summed E-state index contributed by atoms with van der Waals surface area (Å²) < 4.78 is 5.24. The first-order chi connectivity index (χ1) is 8.31. The molecule has 0 spiro atoms. The van der Waals surface area contributed by atoms with Crippen LogP contribution in [0.3, 0.4) is 0 Å². The Morgan fingerprint density at radius 3 is 2.18 bits per heavy atom. The molecular formula is C11H21N3O3. The van der Waals surface area contributed by atoms with Gasteiger partial charge in [-0.25, -0.2) is 4.79 Å². The summed E-state index contributed by atoms with van der Waals surface area (Å²) in [5, 5.41) is 8.85. The molecule has 6 nitrogen and oxygen atoms in total. The van der Waals surface area contributed by atoms with Crippen LogP contribution in [0.25, 0.3) is 0 Å². The fraction of sp³-hybridized carbons (Fsp3) is 0.909. The minimum absolute atomic E-state index is 0.136. The van der Waals surface area contributed by atoms with Crippen molar-refractivity contribution >= 4 is 6.03 Å². The van der Waals surface area contributed by atoms with Gasteiger partial charge in [0.25, 0.3) is 0 Å². The van der Waals surface area contributed by atoms with Gasteiger partial charge in [0.1, 0.15) is 0 Å². The number of β-amino-alcohol motifs (C(OH)–C–C–N with tert-alkyl or cyclic N) is 1. The van der Waals surface area contributed by atoms with Gasteiger partial charge in [-0.1, -0.05) is 0 Å². The second-order valence-corrected chi connectivity index (χ2v) is 4.43. The molecule has 2 amide bonds. The number of morpholine rings is 1. The van der Waals surface area contributed by atoms with Crippen LogP contribution in [0.5, 0.6) is 0 Å². The third-order valence-corrected chi connectivity index (χ3v) is 3.34. The maximum atomic E-state index is 12.1. The first-order valence-electron chi connectivity index (χ1n) is 6.26. The Balaban J connectivity index is 1.77. The molecule has 2 heterocycles. The van der Waals surface area contributed by atoms with Crippen LogP contribution in [0, 0.1) is 0 Å². The van der Waals surface area contributed by atoms with E-state index >= 15 is 0 Å². The average molecular weight is 243 g/mol. The average Bonchev–Trinajstić information content (AvgIpc) is 2.40. The van der Waals surface area contributed by atoms with Crippen LogP contribution in [0.4, 0.5) is 4.79 Å². The lowest BCUT2D eigenvalue weighted by Crippen LogP contribution is -2.55. The number of hydrogen-bond donors (Lipinski definition) is 1. The molecule has 2 saturated heterocycles. The lowest BCUT2D eigenvalue weighted by Gasteiger charge is -2.38. The van der Waals surface area contributed by atoms with Crippen LogP contribution in [-0.4, -0.2) is 91.5 Å². The van der Waals surface area contributed by atoms with Gasteiger partial charge in [0.05, 0.1) is 19.8 Å². The summed E-state index contributed by atoms with van der Waals surface area (Å²) in [6.45, 7) is 6.84. The largest absolute Gasteiger partial charge is 0.395 e. The second-order valence-electron chi connectivity index (χ2n) is 4.43. The van der Waals surface area contributed by atoms with Crippen LogP contribution in [0.15, 0.2) is 0 Å². The highest BCUT2D eigenvalue weighted by molar-refractivity contribution is 5.74. The molecule has 98 valence electrons. The van der Waals surface area contributed by atoms with E-state index in [4.69, 9.17) is 9.84 Å². The van der Waals surface area contributed by atoms with Crippen LogP contribution in [0.2, 0.25) is 0 Å². The van der Waals surface area contributed by atoms with Gasteiger partial charge >= 0.3 is 6.03 Å². The number of ether oxygens (including phenoxy) is 1. The van der Waals surface area contributed by atoms with Gasteiger partial charge in [-0.05, 0) is 0 Å². The van der Waals surface area contributed by atoms with E-state index in [-0.39, 0.29) is 12.6 Å². The topological polar surface area (TPSA) is 56.2 Å². The fourth-order valence-corrected chi connectivity index (χ4v) is 2.26. The molecule has 0 unspecified atom stereocenters. The van der Waals surface area contributed by atoms with Crippen molar-refractivity contribution in [1.82, 2.24) is 14.7 Å². The number of carbonyl (C=O) groups excluding carboxylic acids is 1. The third-order valence-electron chi connectivity index (χ3n) is 3.34. The van der Waals surface area contributed by atoms with Gasteiger partial charge in [0.15, 0.2) is 0 Å². The Bertz CT molecular complexity index is 248. The van der Waals surface area contributed by atoms with E-state index in [1.54, 1.807) is 0 Å². The maximum Gasteiger partial charge on any atom is 0.320 e. The zero-order chi connectivity index (χ0) is 12.1. The molecule has 6 heteroatoms. The first kappa shape index (κ1) is 12.6. The fourth-order valence-electron chi connectivity index (χ4n) is 2.26. The summed E-state index contributed by atoms with van der Waals surface area (Å²) in [4.78, 5) is 18.1. The minimum Gasteiger partial charge on any atom is -0.395 e. The van der Waals surface area contributed by atoms with Crippen LogP contribution in [-0.2, 0) is 4.74 Å². The number of carbonyl (C=O) groups is 1. The molecule has 2 aliphatic heterocycles. The molecule has 0 aromatic carbocycles. The number of amides is 2. The van der Waals surface area contributed by atoms with Gasteiger partial charge in [-0.2, -0.15) is 0 Å². The van der Waals surface area contributed by atoms with E-state index in [9.17, 15) is 4.79 Å². The Hall–Kier alpha value is -0.850. The lowest BCUT2D eigenvalue weighted by molar-refractivity contribution is 0.0368. The van der Waals surface area contributed by atoms with Crippen molar-refractivity contribution in [3.63, 3.8) is 0 Å². The highest BCUT2D eigenvalue weighted by Gasteiger charge is 2.25. The normalized spacial score (nSPS) is 22.9. The monoisotopic (exact) mass is 243 g/mol. The molecule has 0 bridgehead atoms. The summed E-state index contributed by atoms with van der Waals surface area (Å²) in [6.07, 6.45) is 0. The van der Waals surface area contributed by atoms with E-state index in [0.717, 1.165) is 26.2 Å². The number of hydrogen-bond acceptors (Lipinski definition) is 4. The molecule has 0 saturated carbocycles. The molecule has 17 heavy (non-hydrogen) atoms. The molecule has 1 N–H and O–H groups in total. The van der Waals surface area contributed by atoms with Crippen molar-refractivity contribution in [2.24, 2.45) is 0 Å². The molecule has 2 rings (SSSR count). The van der Waals surface area contributed by atoms with Crippen molar-refractivity contribution in [1.29, 1.82) is 0 Å². The summed E-state index contributed by atoms with van der Waals surface area (Å²) in [6, 6.07) is 0.136. The van der Waals surface area contributed by atoms with E-state index in [0.29, 0.717) is 32.8 Å². The predicted octanol–water partition coefficient (Wildman–Crippen LogP) is -0.951. The second kappa shape index (κ2) is 6.18. The Labute approximate surface area is 102 Å². The van der Waals surface area contributed by atoms with Gasteiger partial charge < -0.3 is 19.6 Å². The number of urea groups is 1. The van der Waals surface area contributed by atoms with Gasteiger partial charge in [0.2, 0.25) is 0 Å². The van der Waals surface area contributed by atoms with E-state index < -0.39 is 0 Å². The number of rotatable bonds is 2. The molecular weight excluding hydrogens is 222 g/mol. The zero-order valence-corrected chi connectivity index (χ0v) is 10.2.